The number of urea groups is 1. The van der Waals surface area contributed by atoms with E-state index in [1.165, 1.54) is 0 Å². The first-order valence-electron chi connectivity index (χ1n) is 4.91. The van der Waals surface area contributed by atoms with Crippen LogP contribution in [0.15, 0.2) is 12.7 Å². The molecule has 0 aromatic carbocycles. The van der Waals surface area contributed by atoms with Crippen LogP contribution in [0.1, 0.15) is 20.3 Å². The Balaban J connectivity index is 3.88. The van der Waals surface area contributed by atoms with E-state index in [-0.39, 0.29) is 18.6 Å². The van der Waals surface area contributed by atoms with Gasteiger partial charge >= 0.3 is 12.0 Å². The number of rotatable bonds is 6. The fraction of sp³-hybridized carbons (Fsp3) is 0.600. The van der Waals surface area contributed by atoms with Crippen molar-refractivity contribution in [3.63, 3.8) is 0 Å². The average Bonchev–Trinajstić information content (AvgIpc) is 2.17. The molecule has 0 rings (SSSR count). The van der Waals surface area contributed by atoms with Gasteiger partial charge in [0.25, 0.3) is 0 Å². The fourth-order valence-electron chi connectivity index (χ4n) is 0.939. The first-order chi connectivity index (χ1) is 7.01. The van der Waals surface area contributed by atoms with Gasteiger partial charge in [0, 0.05) is 12.6 Å². The molecule has 5 nitrogen and oxygen atoms in total. The summed E-state index contributed by atoms with van der Waals surface area (Å²) in [5, 5.41) is 13.8. The van der Waals surface area contributed by atoms with Crippen LogP contribution in [0.4, 0.5) is 4.79 Å². The van der Waals surface area contributed by atoms with E-state index < -0.39 is 11.9 Å². The van der Waals surface area contributed by atoms with Gasteiger partial charge in [0.05, 0.1) is 5.92 Å². The highest BCUT2D eigenvalue weighted by Gasteiger charge is 2.15. The standard InChI is InChI=1S/C10H18N2O3/c1-4-7(3)12-10(15)11-6-8(5-2)9(13)14/h4,7-8H,1,5-6H2,2-3H3,(H,13,14)(H2,11,12,15). The lowest BCUT2D eigenvalue weighted by atomic mass is 10.1. The van der Waals surface area contributed by atoms with Crippen molar-refractivity contribution >= 4 is 12.0 Å². The lowest BCUT2D eigenvalue weighted by Crippen LogP contribution is -2.42. The number of carboxylic acid groups (broad SMARTS) is 1. The monoisotopic (exact) mass is 214 g/mol. The first-order valence-corrected chi connectivity index (χ1v) is 4.91. The fourth-order valence-corrected chi connectivity index (χ4v) is 0.939. The van der Waals surface area contributed by atoms with Gasteiger partial charge < -0.3 is 15.7 Å². The van der Waals surface area contributed by atoms with E-state index in [4.69, 9.17) is 5.11 Å². The molecule has 2 unspecified atom stereocenters. The van der Waals surface area contributed by atoms with Gasteiger partial charge in [0.1, 0.15) is 0 Å². The Morgan fingerprint density at radius 1 is 1.53 bits per heavy atom. The summed E-state index contributed by atoms with van der Waals surface area (Å²) in [5.74, 6) is -1.43. The van der Waals surface area contributed by atoms with Gasteiger partial charge in [-0.2, -0.15) is 0 Å². The molecule has 0 aromatic rings. The largest absolute Gasteiger partial charge is 0.481 e. The number of aliphatic carboxylic acids is 1. The third kappa shape index (κ3) is 5.72. The molecule has 0 saturated carbocycles. The van der Waals surface area contributed by atoms with Gasteiger partial charge in [-0.05, 0) is 13.3 Å². The smallest absolute Gasteiger partial charge is 0.315 e. The normalized spacial score (nSPS) is 13.7. The number of carboxylic acids is 1. The number of hydrogen-bond donors (Lipinski definition) is 3. The number of carbonyl (C=O) groups excluding carboxylic acids is 1. The molecule has 0 spiro atoms. The highest BCUT2D eigenvalue weighted by atomic mass is 16.4. The molecule has 0 fully saturated rings. The number of hydrogen-bond acceptors (Lipinski definition) is 2. The van der Waals surface area contributed by atoms with E-state index in [0.717, 1.165) is 0 Å². The summed E-state index contributed by atoms with van der Waals surface area (Å²) in [4.78, 5) is 21.8. The summed E-state index contributed by atoms with van der Waals surface area (Å²) in [7, 11) is 0. The quantitative estimate of drug-likeness (QED) is 0.576. The highest BCUT2D eigenvalue weighted by Crippen LogP contribution is 1.99. The first kappa shape index (κ1) is 13.5. The molecule has 0 aromatic heterocycles. The third-order valence-electron chi connectivity index (χ3n) is 2.06. The molecule has 15 heavy (non-hydrogen) atoms. The molecule has 0 aliphatic rings. The molecule has 0 bridgehead atoms. The highest BCUT2D eigenvalue weighted by molar-refractivity contribution is 5.76. The topological polar surface area (TPSA) is 78.4 Å². The second-order valence-electron chi connectivity index (χ2n) is 3.32. The van der Waals surface area contributed by atoms with Gasteiger partial charge in [-0.25, -0.2) is 4.79 Å². The molecule has 0 aliphatic carbocycles. The molecule has 5 heteroatoms. The summed E-state index contributed by atoms with van der Waals surface area (Å²) < 4.78 is 0. The van der Waals surface area contributed by atoms with Crippen LogP contribution in [0.2, 0.25) is 0 Å². The van der Waals surface area contributed by atoms with E-state index in [1.54, 1.807) is 19.9 Å². The van der Waals surface area contributed by atoms with E-state index in [1.807, 2.05) is 0 Å². The summed E-state index contributed by atoms with van der Waals surface area (Å²) in [6, 6.07) is -0.503. The van der Waals surface area contributed by atoms with Crippen molar-refractivity contribution < 1.29 is 14.7 Å². The second kappa shape index (κ2) is 6.86. The van der Waals surface area contributed by atoms with Crippen LogP contribution in [-0.4, -0.2) is 29.7 Å². The molecule has 2 atom stereocenters. The molecule has 2 amide bonds. The maximum absolute atomic E-state index is 11.2. The van der Waals surface area contributed by atoms with Gasteiger partial charge in [-0.15, -0.1) is 6.58 Å². The zero-order valence-corrected chi connectivity index (χ0v) is 9.12. The van der Waals surface area contributed by atoms with Crippen molar-refractivity contribution in [3.05, 3.63) is 12.7 Å². The Morgan fingerprint density at radius 3 is 2.53 bits per heavy atom. The predicted molar refractivity (Wildman–Crippen MR) is 57.6 cm³/mol. The lowest BCUT2D eigenvalue weighted by molar-refractivity contribution is -0.141. The Kier molecular flexibility index (Phi) is 6.17. The number of carbonyl (C=O) groups is 2. The van der Waals surface area contributed by atoms with Crippen LogP contribution in [0.5, 0.6) is 0 Å². The molecule has 0 saturated heterocycles. The van der Waals surface area contributed by atoms with E-state index >= 15 is 0 Å². The summed E-state index contributed by atoms with van der Waals surface area (Å²) in [5.41, 5.74) is 0. The van der Waals surface area contributed by atoms with Gasteiger partial charge in [-0.3, -0.25) is 4.79 Å². The van der Waals surface area contributed by atoms with Crippen molar-refractivity contribution in [1.82, 2.24) is 10.6 Å². The van der Waals surface area contributed by atoms with Crippen LogP contribution in [0.3, 0.4) is 0 Å². The molecule has 0 radical (unpaired) electrons. The summed E-state index contributed by atoms with van der Waals surface area (Å²) >= 11 is 0. The molecule has 86 valence electrons. The zero-order chi connectivity index (χ0) is 11.8. The second-order valence-corrected chi connectivity index (χ2v) is 3.32. The number of nitrogens with one attached hydrogen (secondary N) is 2. The van der Waals surface area contributed by atoms with E-state index in [2.05, 4.69) is 17.2 Å². The maximum atomic E-state index is 11.2. The minimum Gasteiger partial charge on any atom is -0.481 e. The molecular weight excluding hydrogens is 196 g/mol. The van der Waals surface area contributed by atoms with Gasteiger partial charge in [0.15, 0.2) is 0 Å². The number of amides is 2. The lowest BCUT2D eigenvalue weighted by Gasteiger charge is -2.13. The zero-order valence-electron chi connectivity index (χ0n) is 9.12. The van der Waals surface area contributed by atoms with Crippen LogP contribution in [-0.2, 0) is 4.79 Å². The van der Waals surface area contributed by atoms with Crippen LogP contribution >= 0.6 is 0 Å². The Morgan fingerprint density at radius 2 is 2.13 bits per heavy atom. The van der Waals surface area contributed by atoms with Crippen LogP contribution in [0, 0.1) is 5.92 Å². The SMILES string of the molecule is C=CC(C)NC(=O)NCC(CC)C(=O)O. The summed E-state index contributed by atoms with van der Waals surface area (Å²) in [6.45, 7) is 7.20. The van der Waals surface area contributed by atoms with Crippen LogP contribution < -0.4 is 10.6 Å². The Hall–Kier alpha value is -1.52. The van der Waals surface area contributed by atoms with E-state index in [9.17, 15) is 9.59 Å². The molecular formula is C10H18N2O3. The molecule has 3 N–H and O–H groups in total. The predicted octanol–water partition coefficient (Wildman–Crippen LogP) is 0.971. The van der Waals surface area contributed by atoms with Gasteiger partial charge in [-0.1, -0.05) is 13.0 Å². The maximum Gasteiger partial charge on any atom is 0.315 e. The molecule has 0 aliphatic heterocycles. The van der Waals surface area contributed by atoms with Crippen LogP contribution in [0.25, 0.3) is 0 Å². The summed E-state index contributed by atoms with van der Waals surface area (Å²) in [6.07, 6.45) is 2.08. The minimum absolute atomic E-state index is 0.130. The third-order valence-corrected chi connectivity index (χ3v) is 2.06. The van der Waals surface area contributed by atoms with E-state index in [0.29, 0.717) is 6.42 Å². The van der Waals surface area contributed by atoms with Crippen molar-refractivity contribution in [3.8, 4) is 0 Å². The minimum atomic E-state index is -0.894. The Labute approximate surface area is 89.6 Å². The van der Waals surface area contributed by atoms with Crippen molar-refractivity contribution in [2.45, 2.75) is 26.3 Å². The Bertz CT molecular complexity index is 241. The van der Waals surface area contributed by atoms with Crippen molar-refractivity contribution in [1.29, 1.82) is 0 Å². The van der Waals surface area contributed by atoms with Crippen molar-refractivity contribution in [2.75, 3.05) is 6.54 Å². The van der Waals surface area contributed by atoms with Gasteiger partial charge in [0.2, 0.25) is 0 Å². The molecule has 0 heterocycles. The average molecular weight is 214 g/mol. The van der Waals surface area contributed by atoms with Crippen molar-refractivity contribution in [2.24, 2.45) is 5.92 Å².